The van der Waals surface area contributed by atoms with Crippen LogP contribution < -0.4 is 19.6 Å². The molecule has 0 amide bonds. The molecule has 0 heterocycles. The lowest BCUT2D eigenvalue weighted by Crippen LogP contribution is -2.08. The Morgan fingerprint density at radius 2 is 1.64 bits per heavy atom. The summed E-state index contributed by atoms with van der Waals surface area (Å²) in [5.41, 5.74) is 3.64. The molecule has 0 aromatic heterocycles. The number of nitrogens with one attached hydrogen (secondary N) is 1. The average molecular weight is 360 g/mol. The predicted molar refractivity (Wildman–Crippen MR) is 100 cm³/mol. The quantitative estimate of drug-likeness (QED) is 0.350. The van der Waals surface area contributed by atoms with Gasteiger partial charge in [0.2, 0.25) is 0 Å². The molecule has 2 aromatic rings. The van der Waals surface area contributed by atoms with Crippen LogP contribution in [0.4, 0.5) is 5.69 Å². The number of methoxy groups -OCH3 is 3. The number of nitrogens with zero attached hydrogens (tertiary/aromatic N) is 1. The number of thioether (sulfide) groups is 1. The van der Waals surface area contributed by atoms with Crippen LogP contribution in [0.5, 0.6) is 17.2 Å². The maximum absolute atomic E-state index is 11.9. The SMILES string of the molecule is COc1ccc(N/N=C(/Sc2ccc(OC)c(OC)c2)C(C)=O)cc1. The van der Waals surface area contributed by atoms with Gasteiger partial charge in [0.1, 0.15) is 5.75 Å². The zero-order valence-corrected chi connectivity index (χ0v) is 15.3. The fourth-order valence-corrected chi connectivity index (χ4v) is 2.71. The first kappa shape index (κ1) is 18.7. The van der Waals surface area contributed by atoms with Gasteiger partial charge in [-0.25, -0.2) is 0 Å². The number of carbonyl (C=O) groups excluding carboxylic acids is 1. The summed E-state index contributed by atoms with van der Waals surface area (Å²) in [6.45, 7) is 1.47. The van der Waals surface area contributed by atoms with Gasteiger partial charge in [-0.1, -0.05) is 11.8 Å². The van der Waals surface area contributed by atoms with E-state index in [0.717, 1.165) is 16.3 Å². The second-order valence-corrected chi connectivity index (χ2v) is 5.99. The number of hydrogen-bond acceptors (Lipinski definition) is 7. The van der Waals surface area contributed by atoms with Gasteiger partial charge in [0.05, 0.1) is 27.0 Å². The second-order valence-electron chi connectivity index (χ2n) is 4.93. The summed E-state index contributed by atoms with van der Waals surface area (Å²) in [5, 5.41) is 4.55. The Balaban J connectivity index is 2.15. The van der Waals surface area contributed by atoms with Gasteiger partial charge in [0.15, 0.2) is 22.3 Å². The van der Waals surface area contributed by atoms with Crippen molar-refractivity contribution in [3.05, 3.63) is 42.5 Å². The van der Waals surface area contributed by atoms with E-state index < -0.39 is 0 Å². The highest BCUT2D eigenvalue weighted by molar-refractivity contribution is 8.15. The summed E-state index contributed by atoms with van der Waals surface area (Å²) in [4.78, 5) is 12.7. The third-order valence-corrected chi connectivity index (χ3v) is 4.31. The molecule has 0 radical (unpaired) electrons. The fourth-order valence-electron chi connectivity index (χ4n) is 1.95. The van der Waals surface area contributed by atoms with Gasteiger partial charge in [-0.2, -0.15) is 5.10 Å². The third-order valence-electron chi connectivity index (χ3n) is 3.25. The van der Waals surface area contributed by atoms with Crippen LogP contribution in [-0.4, -0.2) is 32.2 Å². The molecule has 0 aliphatic carbocycles. The first-order valence-corrected chi connectivity index (χ1v) is 8.27. The number of hydrazone groups is 1. The summed E-state index contributed by atoms with van der Waals surface area (Å²) < 4.78 is 15.6. The molecule has 7 heteroatoms. The molecule has 0 bridgehead atoms. The number of carbonyl (C=O) groups is 1. The smallest absolute Gasteiger partial charge is 0.186 e. The Kier molecular flexibility index (Phi) is 6.71. The van der Waals surface area contributed by atoms with Gasteiger partial charge in [-0.3, -0.25) is 10.2 Å². The molecular weight excluding hydrogens is 340 g/mol. The molecular formula is C18H20N2O4S. The number of hydrogen-bond donors (Lipinski definition) is 1. The van der Waals surface area contributed by atoms with Crippen LogP contribution in [0.15, 0.2) is 52.5 Å². The zero-order valence-electron chi connectivity index (χ0n) is 14.5. The fraction of sp³-hybridized carbons (Fsp3) is 0.222. The van der Waals surface area contributed by atoms with E-state index >= 15 is 0 Å². The summed E-state index contributed by atoms with van der Waals surface area (Å²) >= 11 is 1.25. The highest BCUT2D eigenvalue weighted by atomic mass is 32.2. The van der Waals surface area contributed by atoms with Gasteiger partial charge in [-0.05, 0) is 42.5 Å². The van der Waals surface area contributed by atoms with Crippen molar-refractivity contribution in [2.24, 2.45) is 5.10 Å². The van der Waals surface area contributed by atoms with Gasteiger partial charge in [-0.15, -0.1) is 0 Å². The summed E-state index contributed by atoms with van der Waals surface area (Å²) in [7, 11) is 4.75. The lowest BCUT2D eigenvalue weighted by Gasteiger charge is -2.10. The van der Waals surface area contributed by atoms with Crippen LogP contribution in [0.25, 0.3) is 0 Å². The van der Waals surface area contributed by atoms with E-state index in [1.54, 1.807) is 33.5 Å². The van der Waals surface area contributed by atoms with Crippen molar-refractivity contribution in [3.63, 3.8) is 0 Å². The minimum absolute atomic E-state index is 0.138. The van der Waals surface area contributed by atoms with E-state index in [-0.39, 0.29) is 5.78 Å². The molecule has 0 saturated carbocycles. The summed E-state index contributed by atoms with van der Waals surface area (Å²) in [6.07, 6.45) is 0. The maximum Gasteiger partial charge on any atom is 0.186 e. The van der Waals surface area contributed by atoms with E-state index in [4.69, 9.17) is 14.2 Å². The molecule has 0 spiro atoms. The molecule has 0 fully saturated rings. The molecule has 132 valence electrons. The molecule has 0 aliphatic rings. The zero-order chi connectivity index (χ0) is 18.2. The Hall–Kier alpha value is -2.67. The van der Waals surface area contributed by atoms with E-state index in [0.29, 0.717) is 16.5 Å². The molecule has 6 nitrogen and oxygen atoms in total. The lowest BCUT2D eigenvalue weighted by molar-refractivity contribution is -0.110. The Morgan fingerprint density at radius 1 is 0.960 bits per heavy atom. The van der Waals surface area contributed by atoms with Gasteiger partial charge < -0.3 is 14.2 Å². The van der Waals surface area contributed by atoms with E-state index in [1.807, 2.05) is 30.3 Å². The molecule has 0 unspecified atom stereocenters. The highest BCUT2D eigenvalue weighted by Crippen LogP contribution is 2.32. The van der Waals surface area contributed by atoms with Crippen molar-refractivity contribution in [1.29, 1.82) is 0 Å². The Bertz CT molecular complexity index is 760. The number of anilines is 1. The molecule has 2 rings (SSSR count). The minimum Gasteiger partial charge on any atom is -0.497 e. The van der Waals surface area contributed by atoms with E-state index in [2.05, 4.69) is 10.5 Å². The average Bonchev–Trinajstić information content (AvgIpc) is 2.65. The van der Waals surface area contributed by atoms with Crippen LogP contribution in [-0.2, 0) is 4.79 Å². The molecule has 0 saturated heterocycles. The van der Waals surface area contributed by atoms with Crippen molar-refractivity contribution >= 4 is 28.3 Å². The standard InChI is InChI=1S/C18H20N2O4S/c1-12(21)18(20-19-13-5-7-14(22-2)8-6-13)25-15-9-10-16(23-3)17(11-15)24-4/h5-11,19H,1-4H3/b20-18+. The van der Waals surface area contributed by atoms with Crippen molar-refractivity contribution in [2.45, 2.75) is 11.8 Å². The number of ketones is 1. The number of benzene rings is 2. The van der Waals surface area contributed by atoms with E-state index in [1.165, 1.54) is 18.7 Å². The van der Waals surface area contributed by atoms with Gasteiger partial charge in [0.25, 0.3) is 0 Å². The van der Waals surface area contributed by atoms with Crippen LogP contribution in [0.2, 0.25) is 0 Å². The predicted octanol–water partition coefficient (Wildman–Crippen LogP) is 3.82. The van der Waals surface area contributed by atoms with Crippen LogP contribution in [0, 0.1) is 0 Å². The second kappa shape index (κ2) is 8.98. The van der Waals surface area contributed by atoms with Crippen molar-refractivity contribution in [3.8, 4) is 17.2 Å². The number of Topliss-reactive ketones (excluding diaryl/α,β-unsaturated/α-hetero) is 1. The van der Waals surface area contributed by atoms with Crippen molar-refractivity contribution < 1.29 is 19.0 Å². The number of ether oxygens (including phenoxy) is 3. The monoisotopic (exact) mass is 360 g/mol. The van der Waals surface area contributed by atoms with Crippen LogP contribution in [0.1, 0.15) is 6.92 Å². The maximum atomic E-state index is 11.9. The normalized spacial score (nSPS) is 11.0. The van der Waals surface area contributed by atoms with Gasteiger partial charge in [0, 0.05) is 11.8 Å². The van der Waals surface area contributed by atoms with Crippen molar-refractivity contribution in [2.75, 3.05) is 26.8 Å². The third kappa shape index (κ3) is 5.15. The van der Waals surface area contributed by atoms with Crippen LogP contribution in [0.3, 0.4) is 0 Å². The van der Waals surface area contributed by atoms with E-state index in [9.17, 15) is 4.79 Å². The Labute approximate surface area is 151 Å². The molecule has 2 aromatic carbocycles. The summed E-state index contributed by atoms with van der Waals surface area (Å²) in [5.74, 6) is 1.84. The minimum atomic E-state index is -0.138. The van der Waals surface area contributed by atoms with Crippen LogP contribution >= 0.6 is 11.8 Å². The first-order valence-electron chi connectivity index (χ1n) is 7.46. The number of rotatable bonds is 7. The lowest BCUT2D eigenvalue weighted by atomic mass is 10.3. The molecule has 25 heavy (non-hydrogen) atoms. The topological polar surface area (TPSA) is 69.2 Å². The molecule has 0 aliphatic heterocycles. The summed E-state index contributed by atoms with van der Waals surface area (Å²) in [6, 6.07) is 12.7. The first-order chi connectivity index (χ1) is 12.1. The highest BCUT2D eigenvalue weighted by Gasteiger charge is 2.12. The molecule has 1 N–H and O–H groups in total. The Morgan fingerprint density at radius 3 is 2.20 bits per heavy atom. The van der Waals surface area contributed by atoms with Gasteiger partial charge >= 0.3 is 0 Å². The van der Waals surface area contributed by atoms with Crippen molar-refractivity contribution in [1.82, 2.24) is 0 Å². The molecule has 0 atom stereocenters. The largest absolute Gasteiger partial charge is 0.497 e.